The Morgan fingerprint density at radius 1 is 0.885 bits per heavy atom. The number of benzene rings is 2. The van der Waals surface area contributed by atoms with Crippen LogP contribution in [0.3, 0.4) is 0 Å². The maximum Gasteiger partial charge on any atom is 0.194 e. The summed E-state index contributed by atoms with van der Waals surface area (Å²) in [5, 5.41) is 12.1. The molecule has 2 aromatic carbocycles. The zero-order valence-corrected chi connectivity index (χ0v) is 13.2. The molecule has 1 atom stereocenters. The highest BCUT2D eigenvalue weighted by Crippen LogP contribution is 2.43. The van der Waals surface area contributed by atoms with Gasteiger partial charge in [-0.2, -0.15) is 5.10 Å². The van der Waals surface area contributed by atoms with Crippen molar-refractivity contribution in [2.45, 2.75) is 6.04 Å². The van der Waals surface area contributed by atoms with Crippen LogP contribution in [-0.4, -0.2) is 15.2 Å². The van der Waals surface area contributed by atoms with E-state index in [1.54, 1.807) is 12.4 Å². The first-order valence-corrected chi connectivity index (χ1v) is 7.97. The molecular weight excluding hydrogens is 341 g/mol. The first-order valence-electron chi connectivity index (χ1n) is 7.97. The summed E-state index contributed by atoms with van der Waals surface area (Å²) in [7, 11) is 0. The number of fused-ring (bicyclic) bond motifs is 2. The second kappa shape index (κ2) is 5.32. The molecule has 3 heterocycles. The smallest absolute Gasteiger partial charge is 0.194 e. The minimum atomic E-state index is -1.48. The standard InChI is InChI=1S/C19H11F3N4/c20-13-6-5-10(16(21)17(13)22)18-12-7-23-19-15(12)11(8-24-26-19)9-3-1-2-4-14(9)25-18/h1-8,18,25H,(H,23,26). The molecule has 1 aliphatic heterocycles. The van der Waals surface area contributed by atoms with Gasteiger partial charge >= 0.3 is 0 Å². The second-order valence-electron chi connectivity index (χ2n) is 6.11. The van der Waals surface area contributed by atoms with Gasteiger partial charge in [-0.1, -0.05) is 24.3 Å². The van der Waals surface area contributed by atoms with Gasteiger partial charge in [0.05, 0.1) is 12.2 Å². The third-order valence-electron chi connectivity index (χ3n) is 4.71. The average Bonchev–Trinajstić information content (AvgIpc) is 3.03. The minimum Gasteiger partial charge on any atom is -0.373 e. The van der Waals surface area contributed by atoms with Crippen molar-refractivity contribution in [2.75, 3.05) is 5.32 Å². The fourth-order valence-electron chi connectivity index (χ4n) is 3.52. The van der Waals surface area contributed by atoms with E-state index in [-0.39, 0.29) is 5.56 Å². The van der Waals surface area contributed by atoms with Gasteiger partial charge in [-0.05, 0) is 12.1 Å². The van der Waals surface area contributed by atoms with Gasteiger partial charge in [-0.3, -0.25) is 0 Å². The van der Waals surface area contributed by atoms with Crippen LogP contribution in [0.5, 0.6) is 0 Å². The van der Waals surface area contributed by atoms with Crippen molar-refractivity contribution in [2.24, 2.45) is 0 Å². The highest BCUT2D eigenvalue weighted by molar-refractivity contribution is 6.00. The molecule has 0 bridgehead atoms. The number of hydrogen-bond donors (Lipinski definition) is 2. The van der Waals surface area contributed by atoms with Gasteiger partial charge in [-0.15, -0.1) is 5.10 Å². The summed E-state index contributed by atoms with van der Waals surface area (Å²) in [6.45, 7) is 0. The molecule has 4 nitrogen and oxygen atoms in total. The number of hydrogen-bond acceptors (Lipinski definition) is 3. The SMILES string of the molecule is Fc1ccc(C2Nc3ccccc3-c3cnnc4[nH]cc2c34)c(F)c1F. The lowest BCUT2D eigenvalue weighted by Gasteiger charge is -2.20. The van der Waals surface area contributed by atoms with E-state index >= 15 is 0 Å². The van der Waals surface area contributed by atoms with E-state index in [0.29, 0.717) is 11.2 Å². The quantitative estimate of drug-likeness (QED) is 0.494. The second-order valence-corrected chi connectivity index (χ2v) is 6.11. The van der Waals surface area contributed by atoms with Crippen molar-refractivity contribution in [1.29, 1.82) is 0 Å². The maximum atomic E-state index is 14.5. The van der Waals surface area contributed by atoms with Crippen molar-refractivity contribution in [3.63, 3.8) is 0 Å². The van der Waals surface area contributed by atoms with Crippen LogP contribution in [0.2, 0.25) is 0 Å². The highest BCUT2D eigenvalue weighted by atomic mass is 19.2. The monoisotopic (exact) mass is 352 g/mol. The number of aromatic nitrogens is 3. The topological polar surface area (TPSA) is 53.6 Å². The number of rotatable bonds is 1. The fourth-order valence-corrected chi connectivity index (χ4v) is 3.52. The van der Waals surface area contributed by atoms with Crippen LogP contribution in [0.1, 0.15) is 17.2 Å². The van der Waals surface area contributed by atoms with Gasteiger partial charge in [0.25, 0.3) is 0 Å². The van der Waals surface area contributed by atoms with Gasteiger partial charge in [0.2, 0.25) is 0 Å². The van der Waals surface area contributed by atoms with Gasteiger partial charge in [0.15, 0.2) is 23.1 Å². The Labute approximate surface area is 145 Å². The highest BCUT2D eigenvalue weighted by Gasteiger charge is 2.29. The largest absolute Gasteiger partial charge is 0.373 e. The van der Waals surface area contributed by atoms with Crippen LogP contribution in [0, 0.1) is 17.5 Å². The van der Waals surface area contributed by atoms with Crippen molar-refractivity contribution in [1.82, 2.24) is 15.2 Å². The Balaban J connectivity index is 1.85. The van der Waals surface area contributed by atoms with E-state index in [2.05, 4.69) is 20.5 Å². The molecule has 4 aromatic rings. The zero-order valence-electron chi connectivity index (χ0n) is 13.2. The van der Waals surface area contributed by atoms with Crippen molar-refractivity contribution >= 4 is 16.7 Å². The number of nitrogens with one attached hydrogen (secondary N) is 2. The summed E-state index contributed by atoms with van der Waals surface area (Å²) in [6.07, 6.45) is 3.33. The Bertz CT molecular complexity index is 1170. The molecule has 0 saturated carbocycles. The van der Waals surface area contributed by atoms with E-state index in [9.17, 15) is 13.2 Å². The third-order valence-corrected chi connectivity index (χ3v) is 4.71. The fraction of sp³-hybridized carbons (Fsp3) is 0.0526. The summed E-state index contributed by atoms with van der Waals surface area (Å²) in [6, 6.07) is 8.97. The predicted octanol–water partition coefficient (Wildman–Crippen LogP) is 4.56. The zero-order chi connectivity index (χ0) is 17.8. The normalized spacial score (nSPS) is 15.4. The number of para-hydroxylation sites is 1. The molecule has 2 aromatic heterocycles. The summed E-state index contributed by atoms with van der Waals surface area (Å²) < 4.78 is 41.8. The van der Waals surface area contributed by atoms with E-state index in [0.717, 1.165) is 28.3 Å². The minimum absolute atomic E-state index is 0.0178. The van der Waals surface area contributed by atoms with Crippen molar-refractivity contribution < 1.29 is 13.2 Å². The van der Waals surface area contributed by atoms with Gasteiger partial charge < -0.3 is 10.3 Å². The third kappa shape index (κ3) is 1.97. The molecule has 0 fully saturated rings. The molecule has 1 unspecified atom stereocenters. The lowest BCUT2D eigenvalue weighted by molar-refractivity contribution is 0.440. The Morgan fingerprint density at radius 2 is 1.73 bits per heavy atom. The van der Waals surface area contributed by atoms with Crippen LogP contribution in [-0.2, 0) is 0 Å². The van der Waals surface area contributed by atoms with Gasteiger partial charge in [0, 0.05) is 39.5 Å². The van der Waals surface area contributed by atoms with Crippen LogP contribution >= 0.6 is 0 Å². The molecule has 5 rings (SSSR count). The Morgan fingerprint density at radius 3 is 2.62 bits per heavy atom. The van der Waals surface area contributed by atoms with Crippen LogP contribution in [0.15, 0.2) is 48.8 Å². The molecule has 2 N–H and O–H groups in total. The summed E-state index contributed by atoms with van der Waals surface area (Å²) in [5.74, 6) is -3.91. The summed E-state index contributed by atoms with van der Waals surface area (Å²) >= 11 is 0. The van der Waals surface area contributed by atoms with Crippen LogP contribution < -0.4 is 5.32 Å². The van der Waals surface area contributed by atoms with Crippen molar-refractivity contribution in [3.8, 4) is 11.1 Å². The first kappa shape index (κ1) is 14.9. The van der Waals surface area contributed by atoms with Crippen LogP contribution in [0.25, 0.3) is 22.2 Å². The predicted molar refractivity (Wildman–Crippen MR) is 91.1 cm³/mol. The summed E-state index contributed by atoms with van der Waals surface area (Å²) in [4.78, 5) is 3.02. The van der Waals surface area contributed by atoms with E-state index in [4.69, 9.17) is 0 Å². The molecule has 0 saturated heterocycles. The number of H-pyrrole nitrogens is 1. The number of halogens is 3. The average molecular weight is 352 g/mol. The van der Waals surface area contributed by atoms with Crippen molar-refractivity contribution in [3.05, 3.63) is 77.4 Å². The van der Waals surface area contributed by atoms with E-state index < -0.39 is 23.5 Å². The maximum absolute atomic E-state index is 14.5. The molecule has 0 aliphatic carbocycles. The molecule has 7 heteroatoms. The number of nitrogens with zero attached hydrogens (tertiary/aromatic N) is 2. The van der Waals surface area contributed by atoms with Gasteiger partial charge in [-0.25, -0.2) is 13.2 Å². The molecule has 1 aliphatic rings. The van der Waals surface area contributed by atoms with E-state index in [1.807, 2.05) is 24.3 Å². The molecule has 0 radical (unpaired) electrons. The first-order chi connectivity index (χ1) is 12.6. The van der Waals surface area contributed by atoms with Gasteiger partial charge in [0.1, 0.15) is 0 Å². The summed E-state index contributed by atoms with van der Waals surface area (Å²) in [5.41, 5.74) is 3.70. The van der Waals surface area contributed by atoms with Crippen LogP contribution in [0.4, 0.5) is 18.9 Å². The molecule has 26 heavy (non-hydrogen) atoms. The molecule has 0 amide bonds. The Kier molecular flexibility index (Phi) is 3.06. The van der Waals surface area contributed by atoms with E-state index in [1.165, 1.54) is 6.07 Å². The lowest BCUT2D eigenvalue weighted by atomic mass is 9.97. The lowest BCUT2D eigenvalue weighted by Crippen LogP contribution is -2.14. The number of aromatic amines is 1. The molecular formula is C19H11F3N4. The number of anilines is 1. The Hall–Kier alpha value is -3.35. The molecule has 128 valence electrons. The molecule has 0 spiro atoms.